The van der Waals surface area contributed by atoms with Crippen molar-refractivity contribution in [3.63, 3.8) is 0 Å². The van der Waals surface area contributed by atoms with Gasteiger partial charge < -0.3 is 15.0 Å². The number of nitrogens with zero attached hydrogens (tertiary/aromatic N) is 3. The Morgan fingerprint density at radius 2 is 2.33 bits per heavy atom. The molecule has 0 amide bonds. The van der Waals surface area contributed by atoms with Crippen molar-refractivity contribution in [2.75, 3.05) is 26.0 Å². The molecule has 1 aliphatic rings. The van der Waals surface area contributed by atoms with E-state index in [4.69, 9.17) is 4.74 Å². The van der Waals surface area contributed by atoms with Crippen molar-refractivity contribution in [3.8, 4) is 6.01 Å². The molecule has 1 atom stereocenters. The van der Waals surface area contributed by atoms with Crippen LogP contribution in [0.25, 0.3) is 0 Å². The molecular weight excluding hydrogens is 228 g/mol. The SMILES string of the molecule is CC(CN(C)C)Oc1n[c]cc(NC2CCC2)n1. The van der Waals surface area contributed by atoms with E-state index in [1.165, 1.54) is 19.3 Å². The smallest absolute Gasteiger partial charge is 0.319 e. The highest BCUT2D eigenvalue weighted by Crippen LogP contribution is 2.22. The van der Waals surface area contributed by atoms with Gasteiger partial charge in [0.05, 0.1) is 6.20 Å². The van der Waals surface area contributed by atoms with Gasteiger partial charge in [0.25, 0.3) is 0 Å². The van der Waals surface area contributed by atoms with Gasteiger partial charge in [0.1, 0.15) is 11.9 Å². The first-order valence-corrected chi connectivity index (χ1v) is 6.46. The summed E-state index contributed by atoms with van der Waals surface area (Å²) in [4.78, 5) is 10.4. The van der Waals surface area contributed by atoms with Gasteiger partial charge in [0.15, 0.2) is 0 Å². The van der Waals surface area contributed by atoms with Gasteiger partial charge in [-0.25, -0.2) is 0 Å². The molecule has 0 aromatic carbocycles. The summed E-state index contributed by atoms with van der Waals surface area (Å²) in [5.74, 6) is 0.807. The Kier molecular flexibility index (Phi) is 4.36. The molecule has 1 aromatic heterocycles. The zero-order valence-corrected chi connectivity index (χ0v) is 11.3. The zero-order chi connectivity index (χ0) is 13.0. The molecule has 1 unspecified atom stereocenters. The third-order valence-electron chi connectivity index (χ3n) is 2.96. The van der Waals surface area contributed by atoms with E-state index < -0.39 is 0 Å². The van der Waals surface area contributed by atoms with E-state index in [1.54, 1.807) is 6.07 Å². The summed E-state index contributed by atoms with van der Waals surface area (Å²) in [5.41, 5.74) is 0. The minimum absolute atomic E-state index is 0.0624. The molecule has 1 heterocycles. The Morgan fingerprint density at radius 3 is 2.94 bits per heavy atom. The molecule has 99 valence electrons. The van der Waals surface area contributed by atoms with Crippen LogP contribution in [0.1, 0.15) is 26.2 Å². The minimum Gasteiger partial charge on any atom is -0.459 e. The van der Waals surface area contributed by atoms with E-state index in [0.29, 0.717) is 12.1 Å². The lowest BCUT2D eigenvalue weighted by Crippen LogP contribution is -2.29. The monoisotopic (exact) mass is 249 g/mol. The molecule has 5 nitrogen and oxygen atoms in total. The lowest BCUT2D eigenvalue weighted by atomic mass is 9.93. The van der Waals surface area contributed by atoms with Crippen molar-refractivity contribution in [1.29, 1.82) is 0 Å². The number of aromatic nitrogens is 2. The third kappa shape index (κ3) is 3.84. The van der Waals surface area contributed by atoms with Crippen LogP contribution >= 0.6 is 0 Å². The number of hydrogen-bond acceptors (Lipinski definition) is 5. The van der Waals surface area contributed by atoms with E-state index >= 15 is 0 Å². The molecule has 0 saturated heterocycles. The first-order valence-electron chi connectivity index (χ1n) is 6.46. The van der Waals surface area contributed by atoms with Crippen LogP contribution in [0, 0.1) is 6.20 Å². The van der Waals surface area contributed by atoms with Crippen LogP contribution in [0.4, 0.5) is 5.82 Å². The summed E-state index contributed by atoms with van der Waals surface area (Å²) in [7, 11) is 4.03. The van der Waals surface area contributed by atoms with Crippen molar-refractivity contribution in [1.82, 2.24) is 14.9 Å². The van der Waals surface area contributed by atoms with Gasteiger partial charge in [-0.1, -0.05) is 0 Å². The van der Waals surface area contributed by atoms with Crippen LogP contribution in [0.5, 0.6) is 6.01 Å². The number of hydrogen-bond donors (Lipinski definition) is 1. The summed E-state index contributed by atoms with van der Waals surface area (Å²) in [5, 5.41) is 3.36. The highest BCUT2D eigenvalue weighted by Gasteiger charge is 2.17. The van der Waals surface area contributed by atoms with E-state index in [2.05, 4.69) is 26.4 Å². The predicted molar refractivity (Wildman–Crippen MR) is 70.8 cm³/mol. The van der Waals surface area contributed by atoms with Gasteiger partial charge >= 0.3 is 6.01 Å². The number of anilines is 1. The molecule has 1 aromatic rings. The standard InChI is InChI=1S/C13H21N4O/c1-10(9-17(2)3)18-13-14-8-7-12(16-13)15-11-5-4-6-11/h7,10-11H,4-6,9H2,1-3H3,(H,14,15,16). The second-order valence-corrected chi connectivity index (χ2v) is 5.13. The summed E-state index contributed by atoms with van der Waals surface area (Å²) in [6, 6.07) is 2.72. The highest BCUT2D eigenvalue weighted by atomic mass is 16.5. The van der Waals surface area contributed by atoms with E-state index in [9.17, 15) is 0 Å². The second kappa shape index (κ2) is 6.00. The van der Waals surface area contributed by atoms with Crippen LogP contribution in [-0.4, -0.2) is 47.7 Å². The van der Waals surface area contributed by atoms with Gasteiger partial charge in [-0.05, 0) is 40.3 Å². The quantitative estimate of drug-likeness (QED) is 0.829. The summed E-state index contributed by atoms with van der Waals surface area (Å²) < 4.78 is 5.66. The van der Waals surface area contributed by atoms with Crippen LogP contribution in [0.15, 0.2) is 6.07 Å². The van der Waals surface area contributed by atoms with Crippen LogP contribution in [0.3, 0.4) is 0 Å². The highest BCUT2D eigenvalue weighted by molar-refractivity contribution is 5.35. The fourth-order valence-corrected chi connectivity index (χ4v) is 1.93. The first-order chi connectivity index (χ1) is 8.63. The Labute approximate surface area is 109 Å². The third-order valence-corrected chi connectivity index (χ3v) is 2.96. The minimum atomic E-state index is 0.0624. The largest absolute Gasteiger partial charge is 0.459 e. The van der Waals surface area contributed by atoms with Crippen molar-refractivity contribution >= 4 is 5.82 Å². The fraction of sp³-hybridized carbons (Fsp3) is 0.692. The number of rotatable bonds is 6. The Morgan fingerprint density at radius 1 is 1.56 bits per heavy atom. The number of likely N-dealkylation sites (N-methyl/N-ethyl adjacent to an activating group) is 1. The zero-order valence-electron chi connectivity index (χ0n) is 11.3. The topological polar surface area (TPSA) is 50.3 Å². The fourth-order valence-electron chi connectivity index (χ4n) is 1.93. The molecule has 1 saturated carbocycles. The maximum Gasteiger partial charge on any atom is 0.319 e. The molecular formula is C13H21N4O. The molecule has 1 aliphatic carbocycles. The second-order valence-electron chi connectivity index (χ2n) is 5.13. The summed E-state index contributed by atoms with van der Waals surface area (Å²) in [6.07, 6.45) is 6.63. The van der Waals surface area contributed by atoms with Gasteiger partial charge in [-0.15, -0.1) is 0 Å². The maximum absolute atomic E-state index is 5.66. The lowest BCUT2D eigenvalue weighted by Gasteiger charge is -2.26. The number of nitrogens with one attached hydrogen (secondary N) is 1. The molecule has 0 spiro atoms. The van der Waals surface area contributed by atoms with E-state index in [0.717, 1.165) is 12.4 Å². The first kappa shape index (κ1) is 13.1. The van der Waals surface area contributed by atoms with Crippen molar-refractivity contribution < 1.29 is 4.74 Å². The van der Waals surface area contributed by atoms with Gasteiger partial charge in [0.2, 0.25) is 0 Å². The Bertz CT molecular complexity index is 379. The van der Waals surface area contributed by atoms with Crippen LogP contribution in [0.2, 0.25) is 0 Å². The molecule has 0 aliphatic heterocycles. The Hall–Kier alpha value is -1.36. The van der Waals surface area contributed by atoms with Gasteiger partial charge in [-0.3, -0.25) is 0 Å². The normalized spacial score (nSPS) is 17.3. The maximum atomic E-state index is 5.66. The molecule has 0 bridgehead atoms. The molecule has 1 radical (unpaired) electrons. The Balaban J connectivity index is 1.89. The summed E-state index contributed by atoms with van der Waals surface area (Å²) in [6.45, 7) is 2.85. The molecule has 2 rings (SSSR count). The van der Waals surface area contributed by atoms with Crippen LogP contribution < -0.4 is 10.1 Å². The summed E-state index contributed by atoms with van der Waals surface area (Å²) >= 11 is 0. The average molecular weight is 249 g/mol. The van der Waals surface area contributed by atoms with Crippen molar-refractivity contribution in [2.24, 2.45) is 0 Å². The lowest BCUT2D eigenvalue weighted by molar-refractivity contribution is 0.163. The van der Waals surface area contributed by atoms with Crippen molar-refractivity contribution in [3.05, 3.63) is 12.3 Å². The van der Waals surface area contributed by atoms with E-state index in [-0.39, 0.29) is 6.10 Å². The molecule has 5 heteroatoms. The molecule has 1 fully saturated rings. The molecule has 1 N–H and O–H groups in total. The predicted octanol–water partition coefficient (Wildman–Crippen LogP) is 1.57. The van der Waals surface area contributed by atoms with Gasteiger partial charge in [-0.2, -0.15) is 9.97 Å². The number of ether oxygens (including phenoxy) is 1. The van der Waals surface area contributed by atoms with Gasteiger partial charge in [0, 0.05) is 18.7 Å². The van der Waals surface area contributed by atoms with E-state index in [1.807, 2.05) is 21.0 Å². The molecule has 18 heavy (non-hydrogen) atoms. The van der Waals surface area contributed by atoms with Crippen LogP contribution in [-0.2, 0) is 0 Å². The average Bonchev–Trinajstić information content (AvgIpc) is 2.23. The van der Waals surface area contributed by atoms with Crippen molar-refractivity contribution in [2.45, 2.75) is 38.3 Å².